The predicted octanol–water partition coefficient (Wildman–Crippen LogP) is 3.60. The molecule has 156 valence electrons. The van der Waals surface area contributed by atoms with E-state index in [-0.39, 0.29) is 18.6 Å². The lowest BCUT2D eigenvalue weighted by atomic mass is 10.1. The van der Waals surface area contributed by atoms with Gasteiger partial charge in [-0.25, -0.2) is 9.67 Å². The maximum absolute atomic E-state index is 12.7. The van der Waals surface area contributed by atoms with Crippen LogP contribution >= 0.6 is 0 Å². The van der Waals surface area contributed by atoms with E-state index >= 15 is 0 Å². The van der Waals surface area contributed by atoms with Crippen molar-refractivity contribution in [1.29, 1.82) is 0 Å². The summed E-state index contributed by atoms with van der Waals surface area (Å²) >= 11 is 0. The van der Waals surface area contributed by atoms with Gasteiger partial charge >= 0.3 is 0 Å². The van der Waals surface area contributed by atoms with Gasteiger partial charge in [-0.2, -0.15) is 5.10 Å². The summed E-state index contributed by atoms with van der Waals surface area (Å²) in [6.45, 7) is 5.65. The molecule has 7 heteroatoms. The van der Waals surface area contributed by atoms with Gasteiger partial charge < -0.3 is 14.4 Å². The molecular formula is C23H26N4O3. The van der Waals surface area contributed by atoms with Gasteiger partial charge in [0.25, 0.3) is 5.91 Å². The molecule has 1 heterocycles. The van der Waals surface area contributed by atoms with Crippen molar-refractivity contribution in [3.63, 3.8) is 0 Å². The summed E-state index contributed by atoms with van der Waals surface area (Å²) in [6, 6.07) is 13.4. The molecule has 0 aliphatic rings. The van der Waals surface area contributed by atoms with Crippen molar-refractivity contribution in [2.45, 2.75) is 19.4 Å². The second-order valence-corrected chi connectivity index (χ2v) is 6.88. The molecule has 0 saturated carbocycles. The van der Waals surface area contributed by atoms with Crippen LogP contribution in [0.3, 0.4) is 0 Å². The Morgan fingerprint density at radius 2 is 2.00 bits per heavy atom. The SMILES string of the molecule is C=CCc1ccc(OCC(=O)N(C)C(C)c2ccc(-n3cncn3)cc2)c(OC)c1. The van der Waals surface area contributed by atoms with E-state index < -0.39 is 0 Å². The first-order valence-corrected chi connectivity index (χ1v) is 9.64. The smallest absolute Gasteiger partial charge is 0.260 e. The molecular weight excluding hydrogens is 380 g/mol. The van der Waals surface area contributed by atoms with Crippen LogP contribution in [0, 0.1) is 0 Å². The number of ether oxygens (including phenoxy) is 2. The Balaban J connectivity index is 1.62. The fourth-order valence-corrected chi connectivity index (χ4v) is 3.05. The molecule has 0 saturated heterocycles. The normalized spacial score (nSPS) is 11.6. The first-order chi connectivity index (χ1) is 14.5. The Hall–Kier alpha value is -3.61. The van der Waals surface area contributed by atoms with Gasteiger partial charge in [0.1, 0.15) is 12.7 Å². The molecule has 0 aliphatic carbocycles. The average Bonchev–Trinajstić information content (AvgIpc) is 3.32. The maximum Gasteiger partial charge on any atom is 0.260 e. The van der Waals surface area contributed by atoms with Gasteiger partial charge in [-0.1, -0.05) is 24.3 Å². The minimum atomic E-state index is -0.125. The molecule has 0 fully saturated rings. The number of benzene rings is 2. The first-order valence-electron chi connectivity index (χ1n) is 9.64. The lowest BCUT2D eigenvalue weighted by Gasteiger charge is -2.25. The standard InChI is InChI=1S/C23H26N4O3/c1-5-6-18-7-12-21(22(13-18)29-4)30-14-23(28)26(3)17(2)19-8-10-20(11-9-19)27-16-24-15-25-27/h5,7-13,15-17H,1,6,14H2,2-4H3. The molecule has 0 aliphatic heterocycles. The second kappa shape index (κ2) is 9.73. The van der Waals surface area contributed by atoms with Crippen LogP contribution in [0.1, 0.15) is 24.1 Å². The van der Waals surface area contributed by atoms with E-state index in [2.05, 4.69) is 16.7 Å². The molecule has 0 spiro atoms. The number of nitrogens with zero attached hydrogens (tertiary/aromatic N) is 4. The summed E-state index contributed by atoms with van der Waals surface area (Å²) in [6.07, 6.45) is 5.70. The Labute approximate surface area is 176 Å². The molecule has 3 aromatic rings. The number of carbonyl (C=O) groups excluding carboxylic acids is 1. The third kappa shape index (κ3) is 4.86. The van der Waals surface area contributed by atoms with Crippen molar-refractivity contribution in [3.05, 3.63) is 78.9 Å². The van der Waals surface area contributed by atoms with Crippen LogP contribution in [-0.4, -0.2) is 46.3 Å². The van der Waals surface area contributed by atoms with Crippen LogP contribution in [0.5, 0.6) is 11.5 Å². The highest BCUT2D eigenvalue weighted by Gasteiger charge is 2.19. The summed E-state index contributed by atoms with van der Waals surface area (Å²) in [5, 5.41) is 4.12. The van der Waals surface area contributed by atoms with E-state index in [4.69, 9.17) is 9.47 Å². The highest BCUT2D eigenvalue weighted by atomic mass is 16.5. The highest BCUT2D eigenvalue weighted by Crippen LogP contribution is 2.28. The minimum absolute atomic E-state index is 0.0744. The van der Waals surface area contributed by atoms with E-state index in [1.807, 2.05) is 55.5 Å². The van der Waals surface area contributed by atoms with Crippen molar-refractivity contribution in [3.8, 4) is 17.2 Å². The number of carbonyl (C=O) groups is 1. The van der Waals surface area contributed by atoms with E-state index in [0.717, 1.165) is 23.2 Å². The largest absolute Gasteiger partial charge is 0.493 e. The van der Waals surface area contributed by atoms with Crippen LogP contribution < -0.4 is 9.47 Å². The van der Waals surface area contributed by atoms with Gasteiger partial charge in [0.15, 0.2) is 18.1 Å². The molecule has 0 bridgehead atoms. The van der Waals surface area contributed by atoms with Gasteiger partial charge in [0.05, 0.1) is 18.8 Å². The number of hydrogen-bond donors (Lipinski definition) is 0. The van der Waals surface area contributed by atoms with Crippen molar-refractivity contribution in [2.24, 2.45) is 0 Å². The second-order valence-electron chi connectivity index (χ2n) is 6.88. The summed E-state index contributed by atoms with van der Waals surface area (Å²) < 4.78 is 12.8. The Bertz CT molecular complexity index is 984. The van der Waals surface area contributed by atoms with Crippen LogP contribution in [0.15, 0.2) is 67.8 Å². The van der Waals surface area contributed by atoms with Crippen molar-refractivity contribution < 1.29 is 14.3 Å². The van der Waals surface area contributed by atoms with E-state index in [0.29, 0.717) is 11.5 Å². The molecule has 2 aromatic carbocycles. The Morgan fingerprint density at radius 3 is 2.63 bits per heavy atom. The number of likely N-dealkylation sites (N-methyl/N-ethyl adjacent to an activating group) is 1. The molecule has 30 heavy (non-hydrogen) atoms. The van der Waals surface area contributed by atoms with Gasteiger partial charge in [-0.3, -0.25) is 4.79 Å². The molecule has 1 atom stereocenters. The topological polar surface area (TPSA) is 69.5 Å². The summed E-state index contributed by atoms with van der Waals surface area (Å²) in [5.74, 6) is 1.01. The maximum atomic E-state index is 12.7. The number of allylic oxidation sites excluding steroid dienone is 1. The Morgan fingerprint density at radius 1 is 1.23 bits per heavy atom. The molecule has 1 amide bonds. The summed E-state index contributed by atoms with van der Waals surface area (Å²) in [4.78, 5) is 18.3. The van der Waals surface area contributed by atoms with Crippen LogP contribution in [-0.2, 0) is 11.2 Å². The number of hydrogen-bond acceptors (Lipinski definition) is 5. The highest BCUT2D eigenvalue weighted by molar-refractivity contribution is 5.78. The lowest BCUT2D eigenvalue weighted by molar-refractivity contribution is -0.134. The van der Waals surface area contributed by atoms with Crippen molar-refractivity contribution in [1.82, 2.24) is 19.7 Å². The van der Waals surface area contributed by atoms with Crippen molar-refractivity contribution >= 4 is 5.91 Å². The summed E-state index contributed by atoms with van der Waals surface area (Å²) in [5.41, 5.74) is 2.99. The van der Waals surface area contributed by atoms with Crippen molar-refractivity contribution in [2.75, 3.05) is 20.8 Å². The van der Waals surface area contributed by atoms with Gasteiger partial charge in [-0.05, 0) is 48.7 Å². The predicted molar refractivity (Wildman–Crippen MR) is 115 cm³/mol. The number of rotatable bonds is 9. The number of aromatic nitrogens is 3. The number of amides is 1. The average molecular weight is 406 g/mol. The number of methoxy groups -OCH3 is 1. The lowest BCUT2D eigenvalue weighted by Crippen LogP contribution is -2.33. The molecule has 1 unspecified atom stereocenters. The van der Waals surface area contributed by atoms with E-state index in [9.17, 15) is 4.79 Å². The summed E-state index contributed by atoms with van der Waals surface area (Å²) in [7, 11) is 3.35. The quantitative estimate of drug-likeness (QED) is 0.508. The van der Waals surface area contributed by atoms with E-state index in [1.54, 1.807) is 30.1 Å². The van der Waals surface area contributed by atoms with E-state index in [1.165, 1.54) is 6.33 Å². The molecule has 0 radical (unpaired) electrons. The third-order valence-electron chi connectivity index (χ3n) is 4.99. The fraction of sp³-hybridized carbons (Fsp3) is 0.261. The van der Waals surface area contributed by atoms with Crippen LogP contribution in [0.2, 0.25) is 0 Å². The Kier molecular flexibility index (Phi) is 6.85. The fourth-order valence-electron chi connectivity index (χ4n) is 3.05. The zero-order chi connectivity index (χ0) is 21.5. The zero-order valence-corrected chi connectivity index (χ0v) is 17.5. The van der Waals surface area contributed by atoms with Gasteiger partial charge in [0.2, 0.25) is 0 Å². The monoisotopic (exact) mass is 406 g/mol. The molecule has 0 N–H and O–H groups in total. The molecule has 1 aromatic heterocycles. The van der Waals surface area contributed by atoms with Crippen LogP contribution in [0.25, 0.3) is 5.69 Å². The minimum Gasteiger partial charge on any atom is -0.493 e. The van der Waals surface area contributed by atoms with Gasteiger partial charge in [-0.15, -0.1) is 6.58 Å². The zero-order valence-electron chi connectivity index (χ0n) is 17.5. The third-order valence-corrected chi connectivity index (χ3v) is 4.99. The van der Waals surface area contributed by atoms with Crippen LogP contribution in [0.4, 0.5) is 0 Å². The first kappa shape index (κ1) is 21.1. The van der Waals surface area contributed by atoms with Gasteiger partial charge in [0, 0.05) is 7.05 Å². The molecule has 7 nitrogen and oxygen atoms in total. The molecule has 3 rings (SSSR count).